The highest BCUT2D eigenvalue weighted by atomic mass is 16.5. The Kier molecular flexibility index (Phi) is 6.55. The molecule has 0 radical (unpaired) electrons. The summed E-state index contributed by atoms with van der Waals surface area (Å²) in [5.41, 5.74) is 2.94. The molecule has 0 heterocycles. The second-order valence-electron chi connectivity index (χ2n) is 5.71. The van der Waals surface area contributed by atoms with E-state index in [1.807, 2.05) is 54.6 Å². The van der Waals surface area contributed by atoms with Crippen LogP contribution in [-0.4, -0.2) is 23.7 Å². The van der Waals surface area contributed by atoms with Crippen LogP contribution in [0.3, 0.4) is 0 Å². The Morgan fingerprint density at radius 1 is 1.00 bits per heavy atom. The molecule has 0 spiro atoms. The van der Waals surface area contributed by atoms with Crippen LogP contribution in [0.5, 0.6) is 0 Å². The summed E-state index contributed by atoms with van der Waals surface area (Å²) < 4.78 is 5.09. The molecule has 0 amide bonds. The Morgan fingerprint density at radius 2 is 1.62 bits per heavy atom. The fourth-order valence-electron chi connectivity index (χ4n) is 2.71. The van der Waals surface area contributed by atoms with Gasteiger partial charge in [-0.25, -0.2) is 0 Å². The van der Waals surface area contributed by atoms with Gasteiger partial charge < -0.3 is 9.84 Å². The van der Waals surface area contributed by atoms with Gasteiger partial charge in [0.2, 0.25) is 0 Å². The number of hydrogen-bond donors (Lipinski definition) is 1. The number of benzene rings is 2. The van der Waals surface area contributed by atoms with Crippen molar-refractivity contribution in [3.05, 3.63) is 71.3 Å². The molecule has 1 N–H and O–H groups in total. The Bertz CT molecular complexity index is 662. The molecule has 0 aromatic heterocycles. The highest BCUT2D eigenvalue weighted by Crippen LogP contribution is 2.25. The summed E-state index contributed by atoms with van der Waals surface area (Å²) in [5, 5.41) is 8.83. The van der Waals surface area contributed by atoms with Crippen LogP contribution in [0, 0.1) is 0 Å². The summed E-state index contributed by atoms with van der Waals surface area (Å²) in [6.45, 7) is 2.18. The van der Waals surface area contributed by atoms with Gasteiger partial charge in [-0.15, -0.1) is 0 Å². The topological polar surface area (TPSA) is 63.6 Å². The van der Waals surface area contributed by atoms with Crippen LogP contribution >= 0.6 is 0 Å². The van der Waals surface area contributed by atoms with E-state index in [-0.39, 0.29) is 18.3 Å². The first kappa shape index (κ1) is 17.7. The molecule has 0 aliphatic carbocycles. The van der Waals surface area contributed by atoms with Gasteiger partial charge in [0, 0.05) is 0 Å². The van der Waals surface area contributed by atoms with Crippen LogP contribution in [0.15, 0.2) is 54.6 Å². The second-order valence-corrected chi connectivity index (χ2v) is 5.71. The van der Waals surface area contributed by atoms with E-state index in [9.17, 15) is 9.59 Å². The third-order valence-corrected chi connectivity index (χ3v) is 3.85. The average molecular weight is 326 g/mol. The summed E-state index contributed by atoms with van der Waals surface area (Å²) in [7, 11) is 0. The number of carboxylic acids is 1. The molecule has 1 unspecified atom stereocenters. The molecule has 0 saturated heterocycles. The number of carbonyl (C=O) groups is 2. The van der Waals surface area contributed by atoms with E-state index in [2.05, 4.69) is 0 Å². The average Bonchev–Trinajstić information content (AvgIpc) is 2.56. The Labute approximate surface area is 142 Å². The van der Waals surface area contributed by atoms with Gasteiger partial charge in [0.25, 0.3) is 0 Å². The van der Waals surface area contributed by atoms with Gasteiger partial charge in [-0.1, -0.05) is 54.6 Å². The standard InChI is InChI=1S/C20H22O4/c1-2-24-20(23)14-18(17-6-4-3-5-7-17)12-15-8-10-16(11-9-15)13-19(21)22/h3-11,18H,2,12-14H2,1H3,(H,21,22). The Balaban J connectivity index is 2.12. The van der Waals surface area contributed by atoms with E-state index in [0.29, 0.717) is 19.4 Å². The summed E-state index contributed by atoms with van der Waals surface area (Å²) in [5.74, 6) is -1.00. The molecule has 4 nitrogen and oxygen atoms in total. The van der Waals surface area contributed by atoms with Gasteiger partial charge in [0.1, 0.15) is 0 Å². The van der Waals surface area contributed by atoms with Gasteiger partial charge in [-0.05, 0) is 36.0 Å². The number of carbonyl (C=O) groups excluding carboxylic acids is 1. The Morgan fingerprint density at radius 3 is 2.21 bits per heavy atom. The fraction of sp³-hybridized carbons (Fsp3) is 0.300. The van der Waals surface area contributed by atoms with Crippen LogP contribution < -0.4 is 0 Å². The quantitative estimate of drug-likeness (QED) is 0.753. The SMILES string of the molecule is CCOC(=O)CC(Cc1ccc(CC(=O)O)cc1)c1ccccc1. The number of carboxylic acid groups (broad SMARTS) is 1. The van der Waals surface area contributed by atoms with Crippen molar-refractivity contribution in [2.45, 2.75) is 32.1 Å². The summed E-state index contributed by atoms with van der Waals surface area (Å²) >= 11 is 0. The molecule has 0 aliphatic heterocycles. The van der Waals surface area contributed by atoms with Crippen LogP contribution in [0.25, 0.3) is 0 Å². The minimum Gasteiger partial charge on any atom is -0.481 e. The van der Waals surface area contributed by atoms with Crippen LogP contribution in [-0.2, 0) is 27.2 Å². The van der Waals surface area contributed by atoms with Crippen LogP contribution in [0.1, 0.15) is 36.0 Å². The first-order valence-electron chi connectivity index (χ1n) is 8.08. The molecular weight excluding hydrogens is 304 g/mol. The van der Waals surface area contributed by atoms with Crippen molar-refractivity contribution in [2.75, 3.05) is 6.61 Å². The zero-order chi connectivity index (χ0) is 17.4. The monoisotopic (exact) mass is 326 g/mol. The number of hydrogen-bond acceptors (Lipinski definition) is 3. The van der Waals surface area contributed by atoms with Gasteiger partial charge in [0.05, 0.1) is 19.4 Å². The maximum Gasteiger partial charge on any atom is 0.307 e. The molecule has 0 saturated carbocycles. The third kappa shape index (κ3) is 5.54. The van der Waals surface area contributed by atoms with Crippen molar-refractivity contribution in [1.29, 1.82) is 0 Å². The molecule has 24 heavy (non-hydrogen) atoms. The zero-order valence-corrected chi connectivity index (χ0v) is 13.8. The van der Waals surface area contributed by atoms with Crippen molar-refractivity contribution >= 4 is 11.9 Å². The normalized spacial score (nSPS) is 11.7. The zero-order valence-electron chi connectivity index (χ0n) is 13.8. The molecule has 0 bridgehead atoms. The van der Waals surface area contributed by atoms with Crippen molar-refractivity contribution in [1.82, 2.24) is 0 Å². The van der Waals surface area contributed by atoms with E-state index in [4.69, 9.17) is 9.84 Å². The summed E-state index contributed by atoms with van der Waals surface area (Å²) in [6, 6.07) is 17.4. The lowest BCUT2D eigenvalue weighted by molar-refractivity contribution is -0.143. The van der Waals surface area contributed by atoms with E-state index in [1.54, 1.807) is 6.92 Å². The van der Waals surface area contributed by atoms with E-state index >= 15 is 0 Å². The minimum atomic E-state index is -0.841. The van der Waals surface area contributed by atoms with Gasteiger partial charge >= 0.3 is 11.9 Å². The van der Waals surface area contributed by atoms with Crippen molar-refractivity contribution < 1.29 is 19.4 Å². The van der Waals surface area contributed by atoms with Gasteiger partial charge in [0.15, 0.2) is 0 Å². The molecular formula is C20H22O4. The molecule has 1 atom stereocenters. The highest BCUT2D eigenvalue weighted by Gasteiger charge is 2.17. The Hall–Kier alpha value is -2.62. The minimum absolute atomic E-state index is 0.0191. The number of esters is 1. The van der Waals surface area contributed by atoms with Gasteiger partial charge in [-0.3, -0.25) is 9.59 Å². The van der Waals surface area contributed by atoms with Crippen LogP contribution in [0.2, 0.25) is 0 Å². The first-order chi connectivity index (χ1) is 11.6. The number of rotatable bonds is 8. The summed E-state index contributed by atoms with van der Waals surface area (Å²) in [6.07, 6.45) is 1.05. The van der Waals surface area contributed by atoms with Crippen LogP contribution in [0.4, 0.5) is 0 Å². The number of aliphatic carboxylic acids is 1. The maximum absolute atomic E-state index is 11.9. The first-order valence-corrected chi connectivity index (χ1v) is 8.08. The number of ether oxygens (including phenoxy) is 1. The third-order valence-electron chi connectivity index (χ3n) is 3.85. The molecule has 126 valence electrons. The lowest BCUT2D eigenvalue weighted by Gasteiger charge is -2.17. The predicted molar refractivity (Wildman–Crippen MR) is 91.9 cm³/mol. The molecule has 0 fully saturated rings. The molecule has 2 aromatic carbocycles. The lowest BCUT2D eigenvalue weighted by atomic mass is 9.89. The maximum atomic E-state index is 11.9. The highest BCUT2D eigenvalue weighted by molar-refractivity contribution is 5.71. The van der Waals surface area contributed by atoms with E-state index in [1.165, 1.54) is 0 Å². The van der Waals surface area contributed by atoms with E-state index < -0.39 is 5.97 Å². The fourth-order valence-corrected chi connectivity index (χ4v) is 2.71. The van der Waals surface area contributed by atoms with Gasteiger partial charge in [-0.2, -0.15) is 0 Å². The van der Waals surface area contributed by atoms with Crippen molar-refractivity contribution in [2.24, 2.45) is 0 Å². The largest absolute Gasteiger partial charge is 0.481 e. The second kappa shape index (κ2) is 8.87. The molecule has 2 aromatic rings. The lowest BCUT2D eigenvalue weighted by Crippen LogP contribution is -2.12. The predicted octanol–water partition coefficient (Wildman–Crippen LogP) is 3.59. The summed E-state index contributed by atoms with van der Waals surface area (Å²) in [4.78, 5) is 22.7. The van der Waals surface area contributed by atoms with Crippen molar-refractivity contribution in [3.63, 3.8) is 0 Å². The van der Waals surface area contributed by atoms with E-state index in [0.717, 1.165) is 16.7 Å². The molecule has 2 rings (SSSR count). The molecule has 0 aliphatic rings. The smallest absolute Gasteiger partial charge is 0.307 e. The van der Waals surface area contributed by atoms with Crippen molar-refractivity contribution in [3.8, 4) is 0 Å². The molecule has 4 heteroatoms.